The first kappa shape index (κ1) is 20.9. The van der Waals surface area contributed by atoms with Crippen molar-refractivity contribution in [1.82, 2.24) is 10.6 Å². The van der Waals surface area contributed by atoms with Crippen molar-refractivity contribution in [2.75, 3.05) is 5.75 Å². The van der Waals surface area contributed by atoms with Crippen molar-refractivity contribution in [2.24, 2.45) is 5.73 Å². The van der Waals surface area contributed by atoms with Gasteiger partial charge >= 0.3 is 0 Å². The molecule has 5 N–H and O–H groups in total. The van der Waals surface area contributed by atoms with E-state index in [0.717, 1.165) is 16.3 Å². The number of nitrogens with one attached hydrogen (secondary N) is 2. The number of amides is 3. The summed E-state index contributed by atoms with van der Waals surface area (Å²) in [5.74, 6) is -1.88. The molecule has 0 aliphatic heterocycles. The van der Waals surface area contributed by atoms with E-state index in [2.05, 4.69) is 23.3 Å². The van der Waals surface area contributed by atoms with Crippen LogP contribution in [0.15, 0.2) is 42.5 Å². The summed E-state index contributed by atoms with van der Waals surface area (Å²) < 4.78 is 0. The highest BCUT2D eigenvalue weighted by atomic mass is 32.1. The van der Waals surface area contributed by atoms with Gasteiger partial charge in [-0.05, 0) is 23.3 Å². The number of hydrogen-bond donors (Lipinski definition) is 5. The second kappa shape index (κ2) is 9.50. The number of aliphatic hydroxyl groups is 1. The topological polar surface area (TPSA) is 122 Å². The maximum Gasteiger partial charge on any atom is 0.249 e. The Balaban J connectivity index is 1.96. The number of benzene rings is 2. The molecule has 2 rings (SSSR count). The molecular formula is C19H23N3O4S. The lowest BCUT2D eigenvalue weighted by molar-refractivity contribution is -0.134. The normalized spacial score (nSPS) is 14.2. The fourth-order valence-electron chi connectivity index (χ4n) is 2.48. The molecule has 8 heteroatoms. The molecule has 0 saturated carbocycles. The second-order valence-corrected chi connectivity index (χ2v) is 6.65. The molecular weight excluding hydrogens is 366 g/mol. The third kappa shape index (κ3) is 5.78. The molecule has 27 heavy (non-hydrogen) atoms. The number of thiol groups is 1. The molecule has 2 aromatic carbocycles. The predicted molar refractivity (Wildman–Crippen MR) is 106 cm³/mol. The molecule has 0 spiro atoms. The minimum absolute atomic E-state index is 0.0205. The lowest BCUT2D eigenvalue weighted by Gasteiger charge is -2.20. The molecule has 0 saturated heterocycles. The molecule has 144 valence electrons. The molecule has 0 fully saturated rings. The molecule has 0 bridgehead atoms. The first-order chi connectivity index (χ1) is 12.8. The third-order valence-corrected chi connectivity index (χ3v) is 4.44. The summed E-state index contributed by atoms with van der Waals surface area (Å²) >= 11 is 4.02. The van der Waals surface area contributed by atoms with E-state index < -0.39 is 35.9 Å². The molecule has 0 radical (unpaired) electrons. The molecule has 7 nitrogen and oxygen atoms in total. The zero-order chi connectivity index (χ0) is 20.0. The summed E-state index contributed by atoms with van der Waals surface area (Å²) in [5.41, 5.74) is 6.29. The van der Waals surface area contributed by atoms with E-state index >= 15 is 0 Å². The zero-order valence-electron chi connectivity index (χ0n) is 14.9. The van der Waals surface area contributed by atoms with Gasteiger partial charge in [0.05, 0.1) is 12.5 Å². The first-order valence-electron chi connectivity index (χ1n) is 8.48. The van der Waals surface area contributed by atoms with Gasteiger partial charge < -0.3 is 16.2 Å². The van der Waals surface area contributed by atoms with E-state index in [4.69, 9.17) is 5.73 Å². The molecule has 3 amide bonds. The van der Waals surface area contributed by atoms with E-state index in [1.165, 1.54) is 6.92 Å². The smallest absolute Gasteiger partial charge is 0.249 e. The van der Waals surface area contributed by atoms with Gasteiger partial charge in [0, 0.05) is 5.75 Å². The number of carbonyl (C=O) groups is 3. The molecule has 0 aliphatic rings. The summed E-state index contributed by atoms with van der Waals surface area (Å²) in [5, 5.41) is 16.0. The van der Waals surface area contributed by atoms with E-state index in [1.54, 1.807) is 0 Å². The van der Waals surface area contributed by atoms with Gasteiger partial charge in [0.1, 0.15) is 12.1 Å². The zero-order valence-corrected chi connectivity index (χ0v) is 15.8. The molecule has 0 heterocycles. The number of fused-ring (bicyclic) bond motifs is 1. The highest BCUT2D eigenvalue weighted by Gasteiger charge is 2.26. The van der Waals surface area contributed by atoms with Crippen molar-refractivity contribution >= 4 is 41.1 Å². The van der Waals surface area contributed by atoms with Gasteiger partial charge in [-0.15, -0.1) is 0 Å². The Morgan fingerprint density at radius 1 is 1.11 bits per heavy atom. The molecule has 1 unspecified atom stereocenters. The number of carbonyl (C=O) groups excluding carboxylic acids is 3. The summed E-state index contributed by atoms with van der Waals surface area (Å²) in [4.78, 5) is 36.3. The predicted octanol–water partition coefficient (Wildman–Crippen LogP) is 0.148. The van der Waals surface area contributed by atoms with E-state index in [9.17, 15) is 19.5 Å². The number of nitrogens with two attached hydrogens (primary N) is 1. The van der Waals surface area contributed by atoms with Crippen molar-refractivity contribution in [1.29, 1.82) is 0 Å². The Hall–Kier alpha value is -2.42. The number of aliphatic hydroxyl groups excluding tert-OH is 1. The maximum atomic E-state index is 12.2. The molecule has 3 atom stereocenters. The van der Waals surface area contributed by atoms with Gasteiger partial charge in [-0.1, -0.05) is 42.5 Å². The van der Waals surface area contributed by atoms with Crippen LogP contribution >= 0.6 is 12.6 Å². The highest BCUT2D eigenvalue weighted by Crippen LogP contribution is 2.15. The number of hydrogen-bond acceptors (Lipinski definition) is 6. The van der Waals surface area contributed by atoms with Crippen LogP contribution in [0.25, 0.3) is 10.8 Å². The fraction of sp³-hybridized carbons (Fsp3) is 0.316. The summed E-state index contributed by atoms with van der Waals surface area (Å²) in [7, 11) is 0. The van der Waals surface area contributed by atoms with Crippen LogP contribution in [0.5, 0.6) is 0 Å². The minimum atomic E-state index is -1.17. The van der Waals surface area contributed by atoms with E-state index in [0.29, 0.717) is 0 Å². The minimum Gasteiger partial charge on any atom is -0.391 e. The van der Waals surface area contributed by atoms with Gasteiger partial charge in [-0.25, -0.2) is 0 Å². The van der Waals surface area contributed by atoms with Crippen LogP contribution in [0.1, 0.15) is 12.5 Å². The van der Waals surface area contributed by atoms with Crippen molar-refractivity contribution in [3.8, 4) is 0 Å². The van der Waals surface area contributed by atoms with E-state index in [-0.39, 0.29) is 12.2 Å². The average molecular weight is 389 g/mol. The average Bonchev–Trinajstić information content (AvgIpc) is 2.64. The van der Waals surface area contributed by atoms with Crippen LogP contribution in [-0.2, 0) is 20.8 Å². The van der Waals surface area contributed by atoms with Crippen LogP contribution in [0, 0.1) is 0 Å². The quantitative estimate of drug-likeness (QED) is 0.432. The first-order valence-corrected chi connectivity index (χ1v) is 9.11. The Bertz CT molecular complexity index is 841. The van der Waals surface area contributed by atoms with Crippen molar-refractivity contribution in [3.63, 3.8) is 0 Å². The van der Waals surface area contributed by atoms with Crippen molar-refractivity contribution in [3.05, 3.63) is 48.0 Å². The summed E-state index contributed by atoms with van der Waals surface area (Å²) in [6.45, 7) is 1.37. The number of rotatable bonds is 7. The Kier molecular flexibility index (Phi) is 7.35. The summed E-state index contributed by atoms with van der Waals surface area (Å²) in [6.07, 6.45) is -1.04. The van der Waals surface area contributed by atoms with Crippen LogP contribution < -0.4 is 16.4 Å². The van der Waals surface area contributed by atoms with Crippen LogP contribution in [-0.4, -0.2) is 46.8 Å². The Labute approximate surface area is 162 Å². The highest BCUT2D eigenvalue weighted by molar-refractivity contribution is 7.80. The van der Waals surface area contributed by atoms with Gasteiger partial charge in [0.25, 0.3) is 0 Å². The molecule has 2 aromatic rings. The maximum absolute atomic E-state index is 12.2. The van der Waals surface area contributed by atoms with Gasteiger partial charge in [0.2, 0.25) is 17.7 Å². The second-order valence-electron chi connectivity index (χ2n) is 6.28. The van der Waals surface area contributed by atoms with Crippen molar-refractivity contribution in [2.45, 2.75) is 31.5 Å². The fourth-order valence-corrected chi connectivity index (χ4v) is 2.74. The lowest BCUT2D eigenvalue weighted by atomic mass is 10.0. The van der Waals surface area contributed by atoms with Gasteiger partial charge in [-0.3, -0.25) is 19.7 Å². The standard InChI is InChI=1S/C19H23N3O4S/c1-11(23)17(20)19(26)21-15(10-27)18(25)22-16(24)9-12-6-7-13-4-2-3-5-14(13)8-12/h2-8,11,15,17,23,27H,9-10,20H2,1H3,(H,21,26)(H,22,24,25)/t11-,15?,17+/m1/s1. The molecule has 0 aromatic heterocycles. The van der Waals surface area contributed by atoms with Crippen LogP contribution in [0.2, 0.25) is 0 Å². The van der Waals surface area contributed by atoms with Crippen LogP contribution in [0.4, 0.5) is 0 Å². The third-order valence-electron chi connectivity index (χ3n) is 4.08. The van der Waals surface area contributed by atoms with Crippen LogP contribution in [0.3, 0.4) is 0 Å². The monoisotopic (exact) mass is 389 g/mol. The van der Waals surface area contributed by atoms with Gasteiger partial charge in [0.15, 0.2) is 0 Å². The molecule has 0 aliphatic carbocycles. The summed E-state index contributed by atoms with van der Waals surface area (Å²) in [6, 6.07) is 11.2. The van der Waals surface area contributed by atoms with Gasteiger partial charge in [-0.2, -0.15) is 12.6 Å². The Morgan fingerprint density at radius 3 is 2.41 bits per heavy atom. The van der Waals surface area contributed by atoms with E-state index in [1.807, 2.05) is 42.5 Å². The largest absolute Gasteiger partial charge is 0.391 e. The SMILES string of the molecule is C[C@@H](O)[C@H](N)C(=O)NC(CS)C(=O)NC(=O)Cc1ccc2ccccc2c1. The lowest BCUT2D eigenvalue weighted by Crippen LogP contribution is -2.55. The van der Waals surface area contributed by atoms with Crippen molar-refractivity contribution < 1.29 is 19.5 Å². The number of imide groups is 1. The Morgan fingerprint density at radius 2 is 1.78 bits per heavy atom.